The lowest BCUT2D eigenvalue weighted by Gasteiger charge is -2.08. The van der Waals surface area contributed by atoms with Crippen LogP contribution in [0.15, 0.2) is 48.5 Å². The molecule has 0 aliphatic carbocycles. The van der Waals surface area contributed by atoms with Crippen LogP contribution in [0.25, 0.3) is 16.6 Å². The van der Waals surface area contributed by atoms with Gasteiger partial charge in [-0.05, 0) is 30.3 Å². The van der Waals surface area contributed by atoms with Gasteiger partial charge < -0.3 is 5.11 Å². The summed E-state index contributed by atoms with van der Waals surface area (Å²) >= 11 is 0. The molecule has 1 heterocycles. The van der Waals surface area contributed by atoms with Crippen LogP contribution in [0.5, 0.6) is 0 Å². The minimum atomic E-state index is -4.42. The molecule has 0 fully saturated rings. The van der Waals surface area contributed by atoms with E-state index in [0.717, 1.165) is 12.1 Å². The standard InChI is InChI=1S/C15H9F3N2O2/c16-15(17,18)9-5-7-10(8-6-9)20-12-4-2-1-3-11(12)13(19-20)14(21)22/h1-8H,(H,21,22). The predicted molar refractivity (Wildman–Crippen MR) is 73.0 cm³/mol. The van der Waals surface area contributed by atoms with Crippen LogP contribution in [0.2, 0.25) is 0 Å². The molecule has 1 N–H and O–H groups in total. The van der Waals surface area contributed by atoms with E-state index in [1.807, 2.05) is 0 Å². The number of rotatable bonds is 2. The molecule has 0 spiro atoms. The van der Waals surface area contributed by atoms with Crippen molar-refractivity contribution in [1.82, 2.24) is 9.78 Å². The number of aromatic nitrogens is 2. The number of benzene rings is 2. The molecule has 0 unspecified atom stereocenters. The molecule has 22 heavy (non-hydrogen) atoms. The number of halogens is 3. The quantitative estimate of drug-likeness (QED) is 0.784. The Labute approximate surface area is 122 Å². The maximum atomic E-state index is 12.6. The summed E-state index contributed by atoms with van der Waals surface area (Å²) in [4.78, 5) is 11.2. The van der Waals surface area contributed by atoms with Crippen molar-refractivity contribution < 1.29 is 23.1 Å². The smallest absolute Gasteiger partial charge is 0.416 e. The Kier molecular flexibility index (Phi) is 3.13. The topological polar surface area (TPSA) is 55.1 Å². The van der Waals surface area contributed by atoms with Crippen molar-refractivity contribution >= 4 is 16.9 Å². The summed E-state index contributed by atoms with van der Waals surface area (Å²) in [7, 11) is 0. The van der Waals surface area contributed by atoms with Crippen LogP contribution < -0.4 is 0 Å². The highest BCUT2D eigenvalue weighted by atomic mass is 19.4. The number of aromatic carboxylic acids is 1. The summed E-state index contributed by atoms with van der Waals surface area (Å²) in [5.74, 6) is -1.19. The maximum absolute atomic E-state index is 12.6. The zero-order valence-corrected chi connectivity index (χ0v) is 11.0. The first-order valence-electron chi connectivity index (χ1n) is 6.26. The summed E-state index contributed by atoms with van der Waals surface area (Å²) < 4.78 is 39.1. The van der Waals surface area contributed by atoms with Crippen molar-refractivity contribution in [2.24, 2.45) is 0 Å². The van der Waals surface area contributed by atoms with Gasteiger partial charge in [0.2, 0.25) is 0 Å². The Morgan fingerprint density at radius 1 is 1.05 bits per heavy atom. The highest BCUT2D eigenvalue weighted by molar-refractivity contribution is 6.01. The van der Waals surface area contributed by atoms with Crippen LogP contribution in [-0.2, 0) is 6.18 Å². The number of fused-ring (bicyclic) bond motifs is 1. The Balaban J connectivity index is 2.16. The molecule has 0 bridgehead atoms. The van der Waals surface area contributed by atoms with E-state index in [4.69, 9.17) is 5.11 Å². The fourth-order valence-electron chi connectivity index (χ4n) is 2.21. The monoisotopic (exact) mass is 306 g/mol. The van der Waals surface area contributed by atoms with Crippen LogP contribution in [0.4, 0.5) is 13.2 Å². The van der Waals surface area contributed by atoms with E-state index in [1.54, 1.807) is 24.3 Å². The molecule has 0 aliphatic rings. The zero-order chi connectivity index (χ0) is 15.9. The number of hydrogen-bond acceptors (Lipinski definition) is 2. The molecule has 0 atom stereocenters. The van der Waals surface area contributed by atoms with E-state index < -0.39 is 17.7 Å². The minimum absolute atomic E-state index is 0.143. The lowest BCUT2D eigenvalue weighted by Crippen LogP contribution is -2.06. The average Bonchev–Trinajstić information content (AvgIpc) is 2.86. The van der Waals surface area contributed by atoms with E-state index in [-0.39, 0.29) is 5.69 Å². The van der Waals surface area contributed by atoms with Crippen LogP contribution in [-0.4, -0.2) is 20.9 Å². The molecular formula is C15H9F3N2O2. The molecule has 2 aromatic carbocycles. The Morgan fingerprint density at radius 3 is 2.27 bits per heavy atom. The molecule has 3 aromatic rings. The van der Waals surface area contributed by atoms with Gasteiger partial charge >= 0.3 is 12.1 Å². The van der Waals surface area contributed by atoms with E-state index in [0.29, 0.717) is 16.6 Å². The summed E-state index contributed by atoms with van der Waals surface area (Å²) in [5.41, 5.74) is -0.0435. The van der Waals surface area contributed by atoms with E-state index in [9.17, 15) is 18.0 Å². The van der Waals surface area contributed by atoms with Gasteiger partial charge in [-0.1, -0.05) is 18.2 Å². The molecule has 0 radical (unpaired) electrons. The molecule has 0 saturated carbocycles. The second kappa shape index (κ2) is 4.87. The van der Waals surface area contributed by atoms with Crippen molar-refractivity contribution in [2.45, 2.75) is 6.18 Å². The molecule has 0 amide bonds. The Hall–Kier alpha value is -2.83. The van der Waals surface area contributed by atoms with Crippen LogP contribution in [0.1, 0.15) is 16.1 Å². The highest BCUT2D eigenvalue weighted by Gasteiger charge is 2.30. The van der Waals surface area contributed by atoms with Gasteiger partial charge in [-0.2, -0.15) is 18.3 Å². The van der Waals surface area contributed by atoms with Crippen molar-refractivity contribution in [1.29, 1.82) is 0 Å². The van der Waals surface area contributed by atoms with Gasteiger partial charge in [0, 0.05) is 5.39 Å². The van der Waals surface area contributed by atoms with Gasteiger partial charge in [-0.15, -0.1) is 0 Å². The van der Waals surface area contributed by atoms with Crippen molar-refractivity contribution in [3.05, 3.63) is 59.8 Å². The van der Waals surface area contributed by atoms with Crippen molar-refractivity contribution in [2.75, 3.05) is 0 Å². The maximum Gasteiger partial charge on any atom is 0.416 e. The summed E-state index contributed by atoms with van der Waals surface area (Å²) in [5, 5.41) is 13.6. The lowest BCUT2D eigenvalue weighted by atomic mass is 10.2. The predicted octanol–water partition coefficient (Wildman–Crippen LogP) is 3.74. The second-order valence-corrected chi connectivity index (χ2v) is 4.63. The zero-order valence-electron chi connectivity index (χ0n) is 11.0. The molecule has 4 nitrogen and oxygen atoms in total. The third-order valence-corrected chi connectivity index (χ3v) is 3.23. The third-order valence-electron chi connectivity index (χ3n) is 3.23. The van der Waals surface area contributed by atoms with Gasteiger partial charge in [-0.25, -0.2) is 9.48 Å². The first kappa shape index (κ1) is 14.1. The van der Waals surface area contributed by atoms with Crippen molar-refractivity contribution in [3.8, 4) is 5.69 Å². The first-order chi connectivity index (χ1) is 10.4. The van der Waals surface area contributed by atoms with E-state index >= 15 is 0 Å². The molecular weight excluding hydrogens is 297 g/mol. The fourth-order valence-corrected chi connectivity index (χ4v) is 2.21. The summed E-state index contributed by atoms with van der Waals surface area (Å²) in [6, 6.07) is 11.0. The molecule has 7 heteroatoms. The molecule has 0 aliphatic heterocycles. The van der Waals surface area contributed by atoms with Crippen LogP contribution in [0.3, 0.4) is 0 Å². The number of carbonyl (C=O) groups is 1. The number of hydrogen-bond donors (Lipinski definition) is 1. The number of para-hydroxylation sites is 1. The van der Waals surface area contributed by atoms with E-state index in [2.05, 4.69) is 5.10 Å². The summed E-state index contributed by atoms with van der Waals surface area (Å²) in [6.45, 7) is 0. The number of carboxylic acids is 1. The second-order valence-electron chi connectivity index (χ2n) is 4.63. The normalized spacial score (nSPS) is 11.8. The van der Waals surface area contributed by atoms with E-state index in [1.165, 1.54) is 16.8 Å². The summed E-state index contributed by atoms with van der Waals surface area (Å²) in [6.07, 6.45) is -4.42. The minimum Gasteiger partial charge on any atom is -0.476 e. The Morgan fingerprint density at radius 2 is 1.68 bits per heavy atom. The Bertz CT molecular complexity index is 851. The first-order valence-corrected chi connectivity index (χ1v) is 6.26. The van der Waals surface area contributed by atoms with Gasteiger partial charge in [0.25, 0.3) is 0 Å². The third kappa shape index (κ3) is 2.30. The SMILES string of the molecule is O=C(O)c1nn(-c2ccc(C(F)(F)F)cc2)c2ccccc12. The fraction of sp³-hybridized carbons (Fsp3) is 0.0667. The molecule has 1 aromatic heterocycles. The average molecular weight is 306 g/mol. The van der Waals surface area contributed by atoms with Gasteiger partial charge in [0.05, 0.1) is 16.8 Å². The molecule has 112 valence electrons. The van der Waals surface area contributed by atoms with Gasteiger partial charge in [-0.3, -0.25) is 0 Å². The molecule has 3 rings (SSSR count). The number of carboxylic acid groups (broad SMARTS) is 1. The van der Waals surface area contributed by atoms with Crippen LogP contribution in [0, 0.1) is 0 Å². The van der Waals surface area contributed by atoms with Crippen LogP contribution >= 0.6 is 0 Å². The van der Waals surface area contributed by atoms with Gasteiger partial charge in [0.1, 0.15) is 0 Å². The highest BCUT2D eigenvalue weighted by Crippen LogP contribution is 2.30. The van der Waals surface area contributed by atoms with Gasteiger partial charge in [0.15, 0.2) is 5.69 Å². The largest absolute Gasteiger partial charge is 0.476 e. The molecule has 0 saturated heterocycles. The number of alkyl halides is 3. The lowest BCUT2D eigenvalue weighted by molar-refractivity contribution is -0.137. The number of nitrogens with zero attached hydrogens (tertiary/aromatic N) is 2. The van der Waals surface area contributed by atoms with Crippen molar-refractivity contribution in [3.63, 3.8) is 0 Å².